The van der Waals surface area contributed by atoms with Crippen molar-refractivity contribution in [3.8, 4) is 0 Å². The third-order valence-corrected chi connectivity index (χ3v) is 3.71. The van der Waals surface area contributed by atoms with Gasteiger partial charge in [-0.05, 0) is 19.3 Å². The van der Waals surface area contributed by atoms with Gasteiger partial charge in [0.15, 0.2) is 0 Å². The first-order chi connectivity index (χ1) is 9.99. The van der Waals surface area contributed by atoms with E-state index in [9.17, 15) is 31.1 Å². The van der Waals surface area contributed by atoms with Crippen molar-refractivity contribution in [2.75, 3.05) is 13.1 Å². The van der Waals surface area contributed by atoms with E-state index in [1.807, 2.05) is 0 Å². The molecule has 0 saturated carbocycles. The average Bonchev–Trinajstić information content (AvgIpc) is 2.36. The highest BCUT2D eigenvalue weighted by Gasteiger charge is 2.74. The van der Waals surface area contributed by atoms with Crippen LogP contribution in [0.15, 0.2) is 0 Å². The molecule has 0 saturated heterocycles. The van der Waals surface area contributed by atoms with Crippen molar-refractivity contribution in [1.29, 1.82) is 0 Å². The van der Waals surface area contributed by atoms with Crippen molar-refractivity contribution in [2.45, 2.75) is 65.2 Å². The van der Waals surface area contributed by atoms with Crippen LogP contribution in [0.3, 0.4) is 0 Å². The summed E-state index contributed by atoms with van der Waals surface area (Å²) in [5.74, 6) is -1.88. The molecule has 0 rings (SSSR count). The number of nitrogens with zero attached hydrogens (tertiary/aromatic N) is 1. The Kier molecular flexibility index (Phi) is 7.71. The summed E-state index contributed by atoms with van der Waals surface area (Å²) < 4.78 is 79.0. The predicted octanol–water partition coefficient (Wildman–Crippen LogP) is 4.94. The summed E-state index contributed by atoms with van der Waals surface area (Å²) >= 11 is 0. The SMILES string of the molecule is CCCCN(CCCC)C(=O)C(CC)(C(F)(F)F)C(F)(F)F. The number of carbonyl (C=O) groups is 1. The van der Waals surface area contributed by atoms with Crippen molar-refractivity contribution in [3.05, 3.63) is 0 Å². The van der Waals surface area contributed by atoms with Crippen molar-refractivity contribution in [1.82, 2.24) is 4.90 Å². The highest BCUT2D eigenvalue weighted by molar-refractivity contribution is 5.84. The van der Waals surface area contributed by atoms with Gasteiger partial charge in [0.2, 0.25) is 11.3 Å². The minimum atomic E-state index is -5.67. The Hall–Kier alpha value is -0.950. The van der Waals surface area contributed by atoms with Crippen LogP contribution in [0.2, 0.25) is 0 Å². The van der Waals surface area contributed by atoms with Crippen LogP contribution in [-0.2, 0) is 4.79 Å². The lowest BCUT2D eigenvalue weighted by Crippen LogP contribution is -2.60. The summed E-state index contributed by atoms with van der Waals surface area (Å²) in [4.78, 5) is 12.9. The van der Waals surface area contributed by atoms with Gasteiger partial charge in [0.05, 0.1) is 0 Å². The van der Waals surface area contributed by atoms with Gasteiger partial charge in [-0.1, -0.05) is 33.6 Å². The van der Waals surface area contributed by atoms with Gasteiger partial charge in [-0.2, -0.15) is 26.3 Å². The number of unbranched alkanes of at least 4 members (excludes halogenated alkanes) is 2. The van der Waals surface area contributed by atoms with Crippen LogP contribution < -0.4 is 0 Å². The average molecular weight is 335 g/mol. The largest absolute Gasteiger partial charge is 0.412 e. The van der Waals surface area contributed by atoms with Gasteiger partial charge in [-0.25, -0.2) is 0 Å². The zero-order valence-corrected chi connectivity index (χ0v) is 13.1. The monoisotopic (exact) mass is 335 g/mol. The molecular formula is C14H23F6NO. The molecule has 0 aromatic rings. The van der Waals surface area contributed by atoms with Gasteiger partial charge in [-0.3, -0.25) is 4.79 Å². The number of hydrogen-bond acceptors (Lipinski definition) is 1. The van der Waals surface area contributed by atoms with Gasteiger partial charge in [-0.15, -0.1) is 0 Å². The Morgan fingerprint density at radius 1 is 0.818 bits per heavy atom. The molecule has 0 N–H and O–H groups in total. The molecule has 0 aromatic heterocycles. The molecule has 8 heteroatoms. The summed E-state index contributed by atoms with van der Waals surface area (Å²) in [7, 11) is 0. The van der Waals surface area contributed by atoms with E-state index in [0.29, 0.717) is 25.7 Å². The van der Waals surface area contributed by atoms with Gasteiger partial charge >= 0.3 is 12.4 Å². The molecule has 22 heavy (non-hydrogen) atoms. The highest BCUT2D eigenvalue weighted by atomic mass is 19.4. The normalized spacial score (nSPS) is 13.3. The highest BCUT2D eigenvalue weighted by Crippen LogP contribution is 2.53. The van der Waals surface area contributed by atoms with E-state index in [1.165, 1.54) is 0 Å². The van der Waals surface area contributed by atoms with Crippen LogP contribution in [0.5, 0.6) is 0 Å². The molecule has 0 radical (unpaired) electrons. The molecule has 0 spiro atoms. The second-order valence-corrected chi connectivity index (χ2v) is 5.25. The quantitative estimate of drug-likeness (QED) is 0.576. The molecule has 0 atom stereocenters. The minimum Gasteiger partial charge on any atom is -0.342 e. The van der Waals surface area contributed by atoms with E-state index in [1.54, 1.807) is 13.8 Å². The maximum Gasteiger partial charge on any atom is 0.412 e. The fraction of sp³-hybridized carbons (Fsp3) is 0.929. The molecule has 0 aliphatic carbocycles. The van der Waals surface area contributed by atoms with Gasteiger partial charge in [0.1, 0.15) is 0 Å². The van der Waals surface area contributed by atoms with Crippen molar-refractivity contribution >= 4 is 5.91 Å². The summed E-state index contributed by atoms with van der Waals surface area (Å²) in [6, 6.07) is 0. The minimum absolute atomic E-state index is 0.0940. The van der Waals surface area contributed by atoms with Crippen molar-refractivity contribution in [3.63, 3.8) is 0 Å². The Labute approximate surface area is 126 Å². The topological polar surface area (TPSA) is 20.3 Å². The molecule has 0 fully saturated rings. The molecule has 0 bridgehead atoms. The first-order valence-corrected chi connectivity index (χ1v) is 7.42. The molecular weight excluding hydrogens is 312 g/mol. The van der Waals surface area contributed by atoms with E-state index in [4.69, 9.17) is 0 Å². The second-order valence-electron chi connectivity index (χ2n) is 5.25. The molecule has 0 aromatic carbocycles. The molecule has 2 nitrogen and oxygen atoms in total. The van der Waals surface area contributed by atoms with Crippen molar-refractivity contribution in [2.24, 2.45) is 5.41 Å². The molecule has 0 aliphatic heterocycles. The summed E-state index contributed by atoms with van der Waals surface area (Å²) in [5.41, 5.74) is -4.32. The van der Waals surface area contributed by atoms with E-state index >= 15 is 0 Å². The first-order valence-electron chi connectivity index (χ1n) is 7.42. The summed E-state index contributed by atoms with van der Waals surface area (Å²) in [5, 5.41) is 0. The van der Waals surface area contributed by atoms with Gasteiger partial charge in [0.25, 0.3) is 0 Å². The molecule has 0 heterocycles. The lowest BCUT2D eigenvalue weighted by molar-refractivity contribution is -0.329. The maximum atomic E-state index is 13.2. The van der Waals surface area contributed by atoms with E-state index in [2.05, 4.69) is 0 Å². The molecule has 0 aliphatic rings. The predicted molar refractivity (Wildman–Crippen MR) is 71.2 cm³/mol. The number of alkyl halides is 6. The van der Waals surface area contributed by atoms with Gasteiger partial charge in [0, 0.05) is 13.1 Å². The molecule has 132 valence electrons. The molecule has 0 unspecified atom stereocenters. The number of rotatable bonds is 8. The summed E-state index contributed by atoms with van der Waals surface area (Å²) in [6.45, 7) is 4.06. The van der Waals surface area contributed by atoms with E-state index in [0.717, 1.165) is 11.8 Å². The Balaban J connectivity index is 5.73. The fourth-order valence-electron chi connectivity index (χ4n) is 2.24. The Morgan fingerprint density at radius 2 is 1.18 bits per heavy atom. The number of amides is 1. The van der Waals surface area contributed by atoms with Crippen LogP contribution >= 0.6 is 0 Å². The second kappa shape index (κ2) is 8.06. The standard InChI is InChI=1S/C14H23F6NO/c1-4-7-9-21(10-8-5-2)11(22)12(6-3,13(15,16)17)14(18,19)20/h4-10H2,1-3H3. The third kappa shape index (κ3) is 4.29. The van der Waals surface area contributed by atoms with E-state index in [-0.39, 0.29) is 13.1 Å². The van der Waals surface area contributed by atoms with Gasteiger partial charge < -0.3 is 4.90 Å². The first kappa shape index (κ1) is 21.0. The van der Waals surface area contributed by atoms with Crippen LogP contribution in [-0.4, -0.2) is 36.2 Å². The number of carbonyl (C=O) groups excluding carboxylic acids is 1. The number of halogens is 6. The Bertz CT molecular complexity index is 328. The van der Waals surface area contributed by atoms with Crippen LogP contribution in [0.25, 0.3) is 0 Å². The fourth-order valence-corrected chi connectivity index (χ4v) is 2.24. The zero-order valence-electron chi connectivity index (χ0n) is 13.1. The van der Waals surface area contributed by atoms with Crippen LogP contribution in [0.1, 0.15) is 52.9 Å². The lowest BCUT2D eigenvalue weighted by atomic mass is 9.81. The number of hydrogen-bond donors (Lipinski definition) is 0. The van der Waals surface area contributed by atoms with Crippen LogP contribution in [0.4, 0.5) is 26.3 Å². The third-order valence-electron chi connectivity index (χ3n) is 3.71. The van der Waals surface area contributed by atoms with Crippen LogP contribution in [0, 0.1) is 5.41 Å². The smallest absolute Gasteiger partial charge is 0.342 e. The van der Waals surface area contributed by atoms with Crippen molar-refractivity contribution < 1.29 is 31.1 Å². The maximum absolute atomic E-state index is 13.2. The Morgan fingerprint density at radius 3 is 1.41 bits per heavy atom. The zero-order chi connectivity index (χ0) is 17.6. The summed E-state index contributed by atoms with van der Waals surface area (Å²) in [6.07, 6.45) is -10.8. The molecule has 1 amide bonds. The lowest BCUT2D eigenvalue weighted by Gasteiger charge is -2.39. The van der Waals surface area contributed by atoms with E-state index < -0.39 is 30.1 Å².